The van der Waals surface area contributed by atoms with Crippen LogP contribution in [-0.2, 0) is 32.0 Å². The molecule has 11 atom stereocenters. The summed E-state index contributed by atoms with van der Waals surface area (Å²) in [5.41, 5.74) is 12.7. The quantitative estimate of drug-likeness (QED) is 0.0969. The van der Waals surface area contributed by atoms with Crippen LogP contribution in [0.25, 0.3) is 11.2 Å². The lowest BCUT2D eigenvalue weighted by atomic mass is 10.1. The first-order chi connectivity index (χ1) is 21.3. The van der Waals surface area contributed by atoms with Crippen LogP contribution < -0.4 is 11.5 Å². The van der Waals surface area contributed by atoms with Crippen LogP contribution in [0, 0.1) is 0 Å². The third kappa shape index (κ3) is 6.12. The topological polar surface area (TPSA) is 342 Å². The summed E-state index contributed by atoms with van der Waals surface area (Å²) in [6.45, 7) is -1.77. The number of aromatic nitrogens is 6. The fourth-order valence-corrected chi connectivity index (χ4v) is 7.05. The fraction of sp³-hybridized carbons (Fsp3) is 0.550. The monoisotopic (exact) mass is 678 g/mol. The number of phosphoric acid groups is 2. The Kier molecular flexibility index (Phi) is 8.52. The van der Waals surface area contributed by atoms with Gasteiger partial charge in [-0.15, -0.1) is 0 Å². The first-order valence-corrected chi connectivity index (χ1v) is 16.0. The van der Waals surface area contributed by atoms with E-state index in [1.165, 1.54) is 28.5 Å². The summed E-state index contributed by atoms with van der Waals surface area (Å²) in [7, 11) is -10.7. The van der Waals surface area contributed by atoms with Gasteiger partial charge in [0.1, 0.15) is 54.6 Å². The first-order valence-electron chi connectivity index (χ1n) is 13.0. The molecule has 3 unspecified atom stereocenters. The Balaban J connectivity index is 1.02. The molecular weight excluding hydrogens is 650 g/mol. The van der Waals surface area contributed by atoms with E-state index in [2.05, 4.69) is 34.2 Å². The molecule has 0 amide bonds. The van der Waals surface area contributed by atoms with E-state index in [1.807, 2.05) is 0 Å². The van der Waals surface area contributed by atoms with Crippen LogP contribution in [0.3, 0.4) is 0 Å². The Morgan fingerprint density at radius 3 is 2.20 bits per heavy atom. The van der Waals surface area contributed by atoms with Crippen LogP contribution in [0.2, 0.25) is 0 Å². The van der Waals surface area contributed by atoms with Crippen molar-refractivity contribution in [1.82, 2.24) is 34.4 Å². The van der Waals surface area contributed by atoms with Crippen molar-refractivity contribution in [2.45, 2.75) is 55.2 Å². The van der Waals surface area contributed by atoms with Gasteiger partial charge in [0.2, 0.25) is 0 Å². The normalized spacial score (nSPS) is 34.2. The maximum Gasteiger partial charge on any atom is 0.481 e. The van der Waals surface area contributed by atoms with Crippen molar-refractivity contribution in [2.75, 3.05) is 18.9 Å². The number of hydrogen-bond acceptors (Lipinski definition) is 19. The average molecular weight is 678 g/mol. The highest BCUT2D eigenvalue weighted by atomic mass is 31.3. The molecule has 0 aromatic carbocycles. The number of rotatable bonds is 10. The minimum absolute atomic E-state index is 0.0553. The van der Waals surface area contributed by atoms with Gasteiger partial charge in [-0.25, -0.2) is 34.1 Å². The van der Waals surface area contributed by atoms with Crippen molar-refractivity contribution in [3.05, 3.63) is 24.7 Å². The van der Waals surface area contributed by atoms with Crippen LogP contribution in [0.15, 0.2) is 24.0 Å². The number of imidazole rings is 2. The molecule has 0 saturated carbocycles. The summed E-state index contributed by atoms with van der Waals surface area (Å²) in [6.07, 6.45) is -7.75. The number of nitrogens with one attached hydrogen (secondary N) is 1. The Labute approximate surface area is 251 Å². The summed E-state index contributed by atoms with van der Waals surface area (Å²) in [5, 5.41) is 41.9. The van der Waals surface area contributed by atoms with Crippen LogP contribution in [0.5, 0.6) is 0 Å². The van der Waals surface area contributed by atoms with E-state index in [4.69, 9.17) is 30.0 Å². The number of ether oxygens (including phenoxy) is 2. The van der Waals surface area contributed by atoms with Gasteiger partial charge >= 0.3 is 15.6 Å². The Bertz CT molecular complexity index is 1670. The molecule has 0 bridgehead atoms. The Morgan fingerprint density at radius 1 is 0.911 bits per heavy atom. The molecule has 0 spiro atoms. The summed E-state index contributed by atoms with van der Waals surface area (Å²) >= 11 is 0. The highest BCUT2D eigenvalue weighted by Crippen LogP contribution is 2.60. The van der Waals surface area contributed by atoms with Gasteiger partial charge < -0.3 is 61.0 Å². The molecule has 6 rings (SSSR count). The summed E-state index contributed by atoms with van der Waals surface area (Å²) in [6, 6.07) is 0. The van der Waals surface area contributed by atoms with Crippen molar-refractivity contribution < 1.29 is 62.2 Å². The molecule has 25 heteroatoms. The molecule has 11 N–H and O–H groups in total. The number of nitrogens with zero attached hydrogens (tertiary/aromatic N) is 7. The zero-order chi connectivity index (χ0) is 32.3. The molecule has 2 saturated heterocycles. The number of H-pyrrole nitrogens is 1. The standard InChI is InChI=1S/C20H28N10O13P2/c21-15-9-18(26-4-24-15)30(5-27-9)20-14(34)12(32)8(42-20)2-40-45(37,38)43-44(35,36)39-1-7-11(31)13(33)19(41-7)29-6-28-17-10(16(29)22)23-3-25-17/h3-8,11-14,16,19-20,31-34H,1-2,22H2,(H,23,25)(H,35,36)(H,37,38)(H2,21,24,26)/t7-,8-,11-,12-,13-,14-,16?,19-,20-/m1/s1. The SMILES string of the molecule is Nc1ncnc2c1ncn2[C@@H]1O[C@H](COP(=O)(O)OP(=O)(O)OC[C@H]2O[C@@H](N3C=Nc4nc[nH]c4C3N)[C@H](O)[C@@H]2O)[C@@H](O)[C@H]1O. The fourth-order valence-electron chi connectivity index (χ4n) is 4.96. The van der Waals surface area contributed by atoms with Crippen LogP contribution in [0.1, 0.15) is 18.1 Å². The largest absolute Gasteiger partial charge is 0.481 e. The Morgan fingerprint density at radius 2 is 1.53 bits per heavy atom. The van der Waals surface area contributed by atoms with Gasteiger partial charge in [-0.05, 0) is 0 Å². The van der Waals surface area contributed by atoms with E-state index >= 15 is 0 Å². The summed E-state index contributed by atoms with van der Waals surface area (Å²) < 4.78 is 51.1. The predicted molar refractivity (Wildman–Crippen MR) is 144 cm³/mol. The number of nitrogens with two attached hydrogens (primary N) is 2. The number of hydrogen-bond donors (Lipinski definition) is 9. The number of nitrogen functional groups attached to an aromatic ring is 1. The van der Waals surface area contributed by atoms with Gasteiger partial charge in [-0.2, -0.15) is 4.31 Å². The van der Waals surface area contributed by atoms with Crippen molar-refractivity contribution in [3.8, 4) is 0 Å². The van der Waals surface area contributed by atoms with Crippen molar-refractivity contribution in [3.63, 3.8) is 0 Å². The van der Waals surface area contributed by atoms with Crippen LogP contribution in [-0.4, -0.2) is 127 Å². The van der Waals surface area contributed by atoms with E-state index in [0.717, 1.165) is 6.33 Å². The number of aliphatic hydroxyl groups excluding tert-OH is 4. The molecular formula is C20H28N10O13P2. The first kappa shape index (κ1) is 32.0. The van der Waals surface area contributed by atoms with Gasteiger partial charge in [0.15, 0.2) is 29.7 Å². The molecule has 2 fully saturated rings. The molecule has 3 aromatic rings. The van der Waals surface area contributed by atoms with Crippen molar-refractivity contribution in [1.29, 1.82) is 0 Å². The van der Waals surface area contributed by atoms with Gasteiger partial charge in [-0.3, -0.25) is 13.6 Å². The number of aliphatic hydroxyl groups is 4. The second kappa shape index (κ2) is 12.0. The van der Waals surface area contributed by atoms with E-state index in [9.17, 15) is 39.3 Å². The van der Waals surface area contributed by atoms with Gasteiger partial charge in [0.05, 0.1) is 37.9 Å². The predicted octanol–water partition coefficient (Wildman–Crippen LogP) is -2.92. The molecule has 0 radical (unpaired) electrons. The lowest BCUT2D eigenvalue weighted by Gasteiger charge is -2.34. The minimum Gasteiger partial charge on any atom is -0.387 e. The highest BCUT2D eigenvalue weighted by molar-refractivity contribution is 7.61. The highest BCUT2D eigenvalue weighted by Gasteiger charge is 2.49. The number of anilines is 1. The molecule has 45 heavy (non-hydrogen) atoms. The van der Waals surface area contributed by atoms with Crippen LogP contribution >= 0.6 is 15.6 Å². The maximum atomic E-state index is 12.5. The number of fused-ring (bicyclic) bond motifs is 2. The smallest absolute Gasteiger partial charge is 0.387 e. The molecule has 6 heterocycles. The zero-order valence-electron chi connectivity index (χ0n) is 22.6. The molecule has 246 valence electrons. The number of phosphoric ester groups is 2. The van der Waals surface area contributed by atoms with Crippen molar-refractivity contribution >= 4 is 44.8 Å². The molecule has 3 aliphatic heterocycles. The molecule has 0 aliphatic carbocycles. The average Bonchev–Trinajstić information content (AvgIpc) is 3.75. The lowest BCUT2D eigenvalue weighted by molar-refractivity contribution is -0.0817. The lowest BCUT2D eigenvalue weighted by Crippen LogP contribution is -2.48. The van der Waals surface area contributed by atoms with Gasteiger partial charge in [0.25, 0.3) is 0 Å². The van der Waals surface area contributed by atoms with E-state index < -0.39 is 84.1 Å². The van der Waals surface area contributed by atoms with Crippen LogP contribution in [0.4, 0.5) is 11.6 Å². The van der Waals surface area contributed by atoms with Gasteiger partial charge in [-0.1, -0.05) is 0 Å². The molecule has 3 aromatic heterocycles. The van der Waals surface area contributed by atoms with E-state index in [1.54, 1.807) is 0 Å². The van der Waals surface area contributed by atoms with E-state index in [-0.39, 0.29) is 17.0 Å². The zero-order valence-corrected chi connectivity index (χ0v) is 24.4. The van der Waals surface area contributed by atoms with Gasteiger partial charge in [0, 0.05) is 0 Å². The molecule has 3 aliphatic rings. The third-order valence-electron chi connectivity index (χ3n) is 7.22. The summed E-state index contributed by atoms with van der Waals surface area (Å²) in [4.78, 5) is 44.1. The van der Waals surface area contributed by atoms with Crippen molar-refractivity contribution in [2.24, 2.45) is 10.7 Å². The minimum atomic E-state index is -5.37. The maximum absolute atomic E-state index is 12.5. The Hall–Kier alpha value is -2.99. The van der Waals surface area contributed by atoms with E-state index in [0.29, 0.717) is 11.5 Å². The number of aliphatic imine (C=N–C) groups is 1. The third-order valence-corrected chi connectivity index (χ3v) is 9.82. The number of aromatic amines is 1. The second-order valence-corrected chi connectivity index (χ2v) is 13.1. The summed E-state index contributed by atoms with van der Waals surface area (Å²) in [5.74, 6) is 0.373. The second-order valence-electron chi connectivity index (χ2n) is 10.1. The molecule has 23 nitrogen and oxygen atoms in total.